The summed E-state index contributed by atoms with van der Waals surface area (Å²) in [6.07, 6.45) is 7.23. The summed E-state index contributed by atoms with van der Waals surface area (Å²) < 4.78 is 6.32. The van der Waals surface area contributed by atoms with Gasteiger partial charge in [0.1, 0.15) is 0 Å². The van der Waals surface area contributed by atoms with Crippen LogP contribution < -0.4 is 0 Å². The van der Waals surface area contributed by atoms with Crippen LogP contribution in [0.3, 0.4) is 0 Å². The summed E-state index contributed by atoms with van der Waals surface area (Å²) in [5.41, 5.74) is 0. The lowest BCUT2D eigenvalue weighted by atomic mass is 10.2. The molecule has 0 saturated heterocycles. The smallest absolute Gasteiger partial charge is 0.192 e. The molecule has 1 N–H and O–H groups in total. The molecule has 0 aromatic heterocycles. The highest BCUT2D eigenvalue weighted by molar-refractivity contribution is 6.74. The molecule has 0 bridgehead atoms. The topological polar surface area (TPSA) is 29.5 Å². The Hall–Kier alpha value is -0.123. The molecule has 1 atom stereocenters. The largest absolute Gasteiger partial charge is 0.414 e. The van der Waals surface area contributed by atoms with Crippen molar-refractivity contribution in [3.05, 3.63) is 12.2 Å². The molecule has 0 unspecified atom stereocenters. The summed E-state index contributed by atoms with van der Waals surface area (Å²) in [4.78, 5) is 0. The summed E-state index contributed by atoms with van der Waals surface area (Å²) >= 11 is 0. The SMILES string of the molecule is CC/C=C\C[C@@H](CCO)O[Si](C)(C)C(C)(C)C. The third-order valence-electron chi connectivity index (χ3n) is 3.52. The Morgan fingerprint density at radius 1 is 1.24 bits per heavy atom. The monoisotopic (exact) mass is 258 g/mol. The van der Waals surface area contributed by atoms with Gasteiger partial charge in [0.25, 0.3) is 0 Å². The molecule has 0 aromatic carbocycles. The van der Waals surface area contributed by atoms with Crippen LogP contribution in [0.4, 0.5) is 0 Å². The van der Waals surface area contributed by atoms with Gasteiger partial charge in [-0.25, -0.2) is 0 Å². The highest BCUT2D eigenvalue weighted by Crippen LogP contribution is 2.37. The Labute approximate surface area is 108 Å². The van der Waals surface area contributed by atoms with Crippen LogP contribution in [0, 0.1) is 0 Å². The maximum atomic E-state index is 9.10. The van der Waals surface area contributed by atoms with Crippen LogP contribution in [-0.4, -0.2) is 26.1 Å². The van der Waals surface area contributed by atoms with Crippen LogP contribution in [0.1, 0.15) is 47.0 Å². The first kappa shape index (κ1) is 16.9. The molecular weight excluding hydrogens is 228 g/mol. The van der Waals surface area contributed by atoms with Gasteiger partial charge in [0.2, 0.25) is 0 Å². The van der Waals surface area contributed by atoms with Crippen molar-refractivity contribution < 1.29 is 9.53 Å². The minimum Gasteiger partial charge on any atom is -0.414 e. The second kappa shape index (κ2) is 7.34. The molecule has 0 aromatic rings. The van der Waals surface area contributed by atoms with Gasteiger partial charge in [0.05, 0.1) is 6.10 Å². The van der Waals surface area contributed by atoms with E-state index in [1.54, 1.807) is 0 Å². The molecule has 0 rings (SSSR count). The van der Waals surface area contributed by atoms with Crippen LogP contribution in [0.2, 0.25) is 18.1 Å². The molecule has 0 spiro atoms. The molecule has 3 heteroatoms. The zero-order valence-corrected chi connectivity index (χ0v) is 13.4. The van der Waals surface area contributed by atoms with Crippen molar-refractivity contribution in [1.29, 1.82) is 0 Å². The molecule has 0 radical (unpaired) electrons. The van der Waals surface area contributed by atoms with E-state index < -0.39 is 8.32 Å². The van der Waals surface area contributed by atoms with Gasteiger partial charge in [0.15, 0.2) is 8.32 Å². The lowest BCUT2D eigenvalue weighted by Gasteiger charge is -2.39. The predicted molar refractivity (Wildman–Crippen MR) is 77.8 cm³/mol. The molecule has 17 heavy (non-hydrogen) atoms. The number of hydrogen-bond donors (Lipinski definition) is 1. The van der Waals surface area contributed by atoms with Gasteiger partial charge in [-0.3, -0.25) is 0 Å². The number of aliphatic hydroxyl groups excluding tert-OH is 1. The highest BCUT2D eigenvalue weighted by Gasteiger charge is 2.38. The molecular formula is C14H30O2Si. The zero-order valence-electron chi connectivity index (χ0n) is 12.4. The maximum Gasteiger partial charge on any atom is 0.192 e. The van der Waals surface area contributed by atoms with Gasteiger partial charge in [-0.1, -0.05) is 39.8 Å². The van der Waals surface area contributed by atoms with E-state index in [2.05, 4.69) is 52.9 Å². The van der Waals surface area contributed by atoms with Gasteiger partial charge in [-0.2, -0.15) is 0 Å². The minimum atomic E-state index is -1.71. The Balaban J connectivity index is 4.47. The van der Waals surface area contributed by atoms with Crippen molar-refractivity contribution in [1.82, 2.24) is 0 Å². The van der Waals surface area contributed by atoms with Crippen molar-refractivity contribution in [3.63, 3.8) is 0 Å². The minimum absolute atomic E-state index is 0.170. The van der Waals surface area contributed by atoms with Crippen molar-refractivity contribution in [3.8, 4) is 0 Å². The number of allylic oxidation sites excluding steroid dienone is 1. The lowest BCUT2D eigenvalue weighted by Crippen LogP contribution is -2.44. The fourth-order valence-electron chi connectivity index (χ4n) is 1.38. The lowest BCUT2D eigenvalue weighted by molar-refractivity contribution is 0.141. The average molecular weight is 258 g/mol. The summed E-state index contributed by atoms with van der Waals surface area (Å²) in [5.74, 6) is 0. The van der Waals surface area contributed by atoms with E-state index in [9.17, 15) is 0 Å². The van der Waals surface area contributed by atoms with Crippen LogP contribution in [0.25, 0.3) is 0 Å². The Kier molecular flexibility index (Phi) is 7.29. The molecule has 0 saturated carbocycles. The molecule has 0 aliphatic carbocycles. The Bertz CT molecular complexity index is 229. The van der Waals surface area contributed by atoms with Crippen LogP contribution in [0.5, 0.6) is 0 Å². The fraction of sp³-hybridized carbons (Fsp3) is 0.857. The average Bonchev–Trinajstić information content (AvgIpc) is 2.16. The van der Waals surface area contributed by atoms with E-state index in [1.807, 2.05) is 0 Å². The summed E-state index contributed by atoms with van der Waals surface area (Å²) in [7, 11) is -1.71. The van der Waals surface area contributed by atoms with E-state index in [4.69, 9.17) is 9.53 Å². The molecule has 0 heterocycles. The van der Waals surface area contributed by atoms with Crippen LogP contribution >= 0.6 is 0 Å². The van der Waals surface area contributed by atoms with Crippen molar-refractivity contribution in [2.75, 3.05) is 6.61 Å². The third kappa shape index (κ3) is 6.39. The molecule has 0 fully saturated rings. The standard InChI is InChI=1S/C14H30O2Si/c1-7-8-9-10-13(11-12-15)16-17(5,6)14(2,3)4/h8-9,13,15H,7,10-12H2,1-6H3/b9-8-/t13-/m0/s1. The number of rotatable bonds is 7. The van der Waals surface area contributed by atoms with Crippen molar-refractivity contribution >= 4 is 8.32 Å². The van der Waals surface area contributed by atoms with Gasteiger partial charge in [0, 0.05) is 6.61 Å². The fourth-order valence-corrected chi connectivity index (χ4v) is 2.78. The van der Waals surface area contributed by atoms with Crippen LogP contribution in [-0.2, 0) is 4.43 Å². The Morgan fingerprint density at radius 3 is 2.24 bits per heavy atom. The summed E-state index contributed by atoms with van der Waals surface area (Å²) in [5, 5.41) is 9.34. The maximum absolute atomic E-state index is 9.10. The molecule has 102 valence electrons. The Morgan fingerprint density at radius 2 is 1.82 bits per heavy atom. The van der Waals surface area contributed by atoms with E-state index >= 15 is 0 Å². The van der Waals surface area contributed by atoms with Gasteiger partial charge < -0.3 is 9.53 Å². The molecule has 2 nitrogen and oxygen atoms in total. The second-order valence-electron chi connectivity index (χ2n) is 6.13. The summed E-state index contributed by atoms with van der Waals surface area (Å²) in [6.45, 7) is 13.6. The second-order valence-corrected chi connectivity index (χ2v) is 10.9. The quantitative estimate of drug-likeness (QED) is 0.550. The first-order valence-corrected chi connectivity index (χ1v) is 9.59. The van der Waals surface area contributed by atoms with E-state index in [0.29, 0.717) is 0 Å². The molecule has 0 aliphatic rings. The number of aliphatic hydroxyl groups is 1. The molecule has 0 amide bonds. The van der Waals surface area contributed by atoms with E-state index in [1.165, 1.54) is 0 Å². The van der Waals surface area contributed by atoms with Gasteiger partial charge in [-0.15, -0.1) is 0 Å². The normalized spacial score (nSPS) is 15.5. The van der Waals surface area contributed by atoms with Crippen molar-refractivity contribution in [2.24, 2.45) is 0 Å². The van der Waals surface area contributed by atoms with E-state index in [-0.39, 0.29) is 17.7 Å². The van der Waals surface area contributed by atoms with Gasteiger partial charge >= 0.3 is 0 Å². The van der Waals surface area contributed by atoms with E-state index in [0.717, 1.165) is 19.3 Å². The predicted octanol–water partition coefficient (Wildman–Crippen LogP) is 4.12. The third-order valence-corrected chi connectivity index (χ3v) is 8.05. The van der Waals surface area contributed by atoms with Crippen molar-refractivity contribution in [2.45, 2.75) is 71.2 Å². The number of hydrogen-bond acceptors (Lipinski definition) is 2. The van der Waals surface area contributed by atoms with Gasteiger partial charge in [-0.05, 0) is 37.4 Å². The zero-order chi connectivity index (χ0) is 13.5. The highest BCUT2D eigenvalue weighted by atomic mass is 28.4. The first-order valence-electron chi connectivity index (χ1n) is 6.68. The molecule has 0 aliphatic heterocycles. The summed E-state index contributed by atoms with van der Waals surface area (Å²) in [6, 6.07) is 0. The first-order chi connectivity index (χ1) is 7.74. The van der Waals surface area contributed by atoms with Crippen LogP contribution in [0.15, 0.2) is 12.2 Å².